The Kier molecular flexibility index (Phi) is 6.27. The summed E-state index contributed by atoms with van der Waals surface area (Å²) in [4.78, 5) is 0. The van der Waals surface area contributed by atoms with Gasteiger partial charge in [-0.2, -0.15) is 0 Å². The first-order valence-corrected chi connectivity index (χ1v) is 8.02. The molecule has 0 atom stereocenters. The van der Waals surface area contributed by atoms with Crippen LogP contribution in [0, 0.1) is 13.8 Å². The molecule has 0 radical (unpaired) electrons. The van der Waals surface area contributed by atoms with Crippen molar-refractivity contribution < 1.29 is 13.2 Å². The van der Waals surface area contributed by atoms with Crippen molar-refractivity contribution in [3.05, 3.63) is 29.3 Å². The van der Waals surface area contributed by atoms with Gasteiger partial charge in [-0.15, -0.1) is 0 Å². The maximum atomic E-state index is 10.7. The van der Waals surface area contributed by atoms with Crippen LogP contribution in [0.25, 0.3) is 0 Å². The van der Waals surface area contributed by atoms with E-state index >= 15 is 0 Å². The van der Waals surface area contributed by atoms with Crippen LogP contribution in [0.15, 0.2) is 18.2 Å². The largest absolute Gasteiger partial charge is 0.493 e. The summed E-state index contributed by atoms with van der Waals surface area (Å²) in [5, 5.41) is 7.91. The summed E-state index contributed by atoms with van der Waals surface area (Å²) in [6.07, 6.45) is 0.818. The highest BCUT2D eigenvalue weighted by Gasteiger charge is 2.03. The minimum Gasteiger partial charge on any atom is -0.493 e. The summed E-state index contributed by atoms with van der Waals surface area (Å²) in [5.41, 5.74) is 2.25. The number of para-hydroxylation sites is 1. The average molecular weight is 286 g/mol. The minimum atomic E-state index is -3.36. The fraction of sp³-hybridized carbons (Fsp3) is 0.538. The lowest BCUT2D eigenvalue weighted by Crippen LogP contribution is -2.28. The lowest BCUT2D eigenvalue weighted by atomic mass is 10.1. The molecule has 0 bridgehead atoms. The molecule has 0 unspecified atom stereocenters. The minimum absolute atomic E-state index is 0.0369. The lowest BCUT2D eigenvalue weighted by Gasteiger charge is -2.12. The number of hydrogen-bond acceptors (Lipinski definition) is 4. The van der Waals surface area contributed by atoms with Gasteiger partial charge in [0.1, 0.15) is 5.75 Å². The second-order valence-corrected chi connectivity index (χ2v) is 6.27. The van der Waals surface area contributed by atoms with Crippen molar-refractivity contribution in [1.29, 1.82) is 0 Å². The molecule has 0 spiro atoms. The first-order valence-electron chi connectivity index (χ1n) is 6.30. The highest BCUT2D eigenvalue weighted by atomic mass is 32.2. The van der Waals surface area contributed by atoms with E-state index in [2.05, 4.69) is 5.32 Å². The van der Waals surface area contributed by atoms with Crippen LogP contribution in [0.1, 0.15) is 17.5 Å². The Morgan fingerprint density at radius 3 is 2.42 bits per heavy atom. The number of nitrogens with two attached hydrogens (primary N) is 1. The van der Waals surface area contributed by atoms with Crippen LogP contribution in [0.4, 0.5) is 0 Å². The number of rotatable bonds is 8. The molecule has 1 aromatic rings. The monoisotopic (exact) mass is 286 g/mol. The number of aryl methyl sites for hydroxylation is 2. The molecule has 0 aliphatic carbocycles. The van der Waals surface area contributed by atoms with Gasteiger partial charge in [0, 0.05) is 6.54 Å². The van der Waals surface area contributed by atoms with Gasteiger partial charge in [0.15, 0.2) is 0 Å². The maximum absolute atomic E-state index is 10.7. The third kappa shape index (κ3) is 6.56. The van der Waals surface area contributed by atoms with Gasteiger partial charge in [-0.3, -0.25) is 0 Å². The molecule has 0 heterocycles. The number of benzene rings is 1. The molecule has 0 fully saturated rings. The Morgan fingerprint density at radius 2 is 1.84 bits per heavy atom. The molecule has 108 valence electrons. The smallest absolute Gasteiger partial charge is 0.210 e. The van der Waals surface area contributed by atoms with Crippen LogP contribution >= 0.6 is 0 Å². The Hall–Kier alpha value is -1.11. The van der Waals surface area contributed by atoms with Crippen LogP contribution in [-0.2, 0) is 10.0 Å². The van der Waals surface area contributed by atoms with Crippen LogP contribution < -0.4 is 15.2 Å². The summed E-state index contributed by atoms with van der Waals surface area (Å²) in [7, 11) is -3.36. The first kappa shape index (κ1) is 15.9. The third-order valence-electron chi connectivity index (χ3n) is 2.72. The van der Waals surface area contributed by atoms with Crippen molar-refractivity contribution in [2.75, 3.05) is 25.4 Å². The molecule has 1 rings (SSSR count). The zero-order valence-corrected chi connectivity index (χ0v) is 12.3. The maximum Gasteiger partial charge on any atom is 0.210 e. The molecule has 0 saturated carbocycles. The standard InChI is InChI=1S/C13H22N2O3S/c1-11-5-3-6-12(2)13(11)18-9-4-7-15-8-10-19(14,16)17/h3,5-6,15H,4,7-10H2,1-2H3,(H2,14,16,17). The van der Waals surface area contributed by atoms with Gasteiger partial charge < -0.3 is 10.1 Å². The quantitative estimate of drug-likeness (QED) is 0.697. The predicted octanol–water partition coefficient (Wildman–Crippen LogP) is 0.950. The van der Waals surface area contributed by atoms with Crippen molar-refractivity contribution in [1.82, 2.24) is 5.32 Å². The highest BCUT2D eigenvalue weighted by molar-refractivity contribution is 7.89. The van der Waals surface area contributed by atoms with E-state index in [1.807, 2.05) is 32.0 Å². The molecule has 0 aliphatic rings. The van der Waals surface area contributed by atoms with Crippen molar-refractivity contribution in [2.45, 2.75) is 20.3 Å². The SMILES string of the molecule is Cc1cccc(C)c1OCCCNCCS(N)(=O)=O. The molecule has 0 aliphatic heterocycles. The van der Waals surface area contributed by atoms with Crippen LogP contribution in [-0.4, -0.2) is 33.9 Å². The van der Waals surface area contributed by atoms with Gasteiger partial charge in [-0.25, -0.2) is 13.6 Å². The second-order valence-electron chi connectivity index (χ2n) is 4.54. The van der Waals surface area contributed by atoms with Gasteiger partial charge in [0.25, 0.3) is 0 Å². The van der Waals surface area contributed by atoms with Gasteiger partial charge in [-0.1, -0.05) is 18.2 Å². The molecular formula is C13H22N2O3S. The van der Waals surface area contributed by atoms with Gasteiger partial charge in [0.2, 0.25) is 10.0 Å². The summed E-state index contributed by atoms with van der Waals surface area (Å²) in [6.45, 7) is 5.73. The Balaban J connectivity index is 2.18. The van der Waals surface area contributed by atoms with Crippen molar-refractivity contribution in [2.24, 2.45) is 5.14 Å². The van der Waals surface area contributed by atoms with E-state index in [4.69, 9.17) is 9.88 Å². The summed E-state index contributed by atoms with van der Waals surface area (Å²) >= 11 is 0. The highest BCUT2D eigenvalue weighted by Crippen LogP contribution is 2.22. The van der Waals surface area contributed by atoms with Crippen LogP contribution in [0.5, 0.6) is 5.75 Å². The number of hydrogen-bond donors (Lipinski definition) is 2. The van der Waals surface area contributed by atoms with Crippen LogP contribution in [0.3, 0.4) is 0 Å². The molecule has 0 aromatic heterocycles. The zero-order chi connectivity index (χ0) is 14.3. The number of nitrogens with one attached hydrogen (secondary N) is 1. The predicted molar refractivity (Wildman–Crippen MR) is 76.9 cm³/mol. The fourth-order valence-corrected chi connectivity index (χ4v) is 2.17. The van der Waals surface area contributed by atoms with Crippen LogP contribution in [0.2, 0.25) is 0 Å². The van der Waals surface area contributed by atoms with Gasteiger partial charge in [-0.05, 0) is 37.9 Å². The first-order chi connectivity index (χ1) is 8.90. The van der Waals surface area contributed by atoms with E-state index < -0.39 is 10.0 Å². The topological polar surface area (TPSA) is 81.4 Å². The number of primary sulfonamides is 1. The summed E-state index contributed by atoms with van der Waals surface area (Å²) < 4.78 is 27.1. The lowest BCUT2D eigenvalue weighted by molar-refractivity contribution is 0.305. The zero-order valence-electron chi connectivity index (χ0n) is 11.5. The molecule has 1 aromatic carbocycles. The Bertz CT molecular complexity index is 480. The van der Waals surface area contributed by atoms with Gasteiger partial charge >= 0.3 is 0 Å². The van der Waals surface area contributed by atoms with Gasteiger partial charge in [0.05, 0.1) is 12.4 Å². The van der Waals surface area contributed by atoms with E-state index in [1.165, 1.54) is 0 Å². The molecule has 19 heavy (non-hydrogen) atoms. The van der Waals surface area contributed by atoms with E-state index in [1.54, 1.807) is 0 Å². The molecule has 0 saturated heterocycles. The third-order valence-corrected chi connectivity index (χ3v) is 3.49. The molecule has 3 N–H and O–H groups in total. The molecule has 6 heteroatoms. The average Bonchev–Trinajstić information content (AvgIpc) is 2.29. The second kappa shape index (κ2) is 7.47. The normalized spacial score (nSPS) is 11.5. The molecular weight excluding hydrogens is 264 g/mol. The van der Waals surface area contributed by atoms with Crippen molar-refractivity contribution >= 4 is 10.0 Å². The van der Waals surface area contributed by atoms with E-state index in [0.717, 1.165) is 23.3 Å². The summed E-state index contributed by atoms with van der Waals surface area (Å²) in [5.74, 6) is 0.900. The van der Waals surface area contributed by atoms with Crippen molar-refractivity contribution in [3.8, 4) is 5.75 Å². The van der Waals surface area contributed by atoms with E-state index in [0.29, 0.717) is 19.7 Å². The van der Waals surface area contributed by atoms with Crippen molar-refractivity contribution in [3.63, 3.8) is 0 Å². The fourth-order valence-electron chi connectivity index (χ4n) is 1.74. The summed E-state index contributed by atoms with van der Waals surface area (Å²) in [6, 6.07) is 6.05. The molecule has 0 amide bonds. The number of sulfonamides is 1. The Labute approximate surface area is 115 Å². The number of ether oxygens (including phenoxy) is 1. The van der Waals surface area contributed by atoms with E-state index in [-0.39, 0.29) is 5.75 Å². The Morgan fingerprint density at radius 1 is 1.21 bits per heavy atom. The van der Waals surface area contributed by atoms with E-state index in [9.17, 15) is 8.42 Å². The molecule has 5 nitrogen and oxygen atoms in total.